The van der Waals surface area contributed by atoms with Crippen molar-refractivity contribution in [2.75, 3.05) is 18.5 Å². The fourth-order valence-corrected chi connectivity index (χ4v) is 2.07. The summed E-state index contributed by atoms with van der Waals surface area (Å²) in [6.07, 6.45) is 0. The molecule has 2 aromatic carbocycles. The fraction of sp³-hybridized carbons (Fsp3) is 0.316. The summed E-state index contributed by atoms with van der Waals surface area (Å²) in [6, 6.07) is 7.99. The average Bonchev–Trinajstić information content (AvgIpc) is 2.57. The van der Waals surface area contributed by atoms with Crippen molar-refractivity contribution in [3.8, 4) is 11.5 Å². The predicted molar refractivity (Wildman–Crippen MR) is 92.3 cm³/mol. The summed E-state index contributed by atoms with van der Waals surface area (Å²) in [5, 5.41) is 2.52. The predicted octanol–water partition coefficient (Wildman–Crippen LogP) is 4.65. The first-order valence-electron chi connectivity index (χ1n) is 8.06. The topological polar surface area (TPSA) is 47.6 Å². The highest BCUT2D eigenvalue weighted by Crippen LogP contribution is 2.29. The zero-order valence-electron chi connectivity index (χ0n) is 14.4. The van der Waals surface area contributed by atoms with E-state index in [1.807, 2.05) is 20.8 Å². The average molecular weight is 349 g/mol. The van der Waals surface area contributed by atoms with Gasteiger partial charge in [0.25, 0.3) is 5.91 Å². The molecule has 134 valence electrons. The normalized spacial score (nSPS) is 10.6. The third-order valence-electron chi connectivity index (χ3n) is 3.26. The first-order valence-corrected chi connectivity index (χ1v) is 8.06. The molecule has 0 spiro atoms. The zero-order chi connectivity index (χ0) is 18.4. The van der Waals surface area contributed by atoms with Gasteiger partial charge in [0.2, 0.25) is 0 Å². The van der Waals surface area contributed by atoms with Crippen LogP contribution in [0.1, 0.15) is 31.1 Å². The Morgan fingerprint density at radius 2 is 1.80 bits per heavy atom. The van der Waals surface area contributed by atoms with E-state index >= 15 is 0 Å². The number of carbonyl (C=O) groups excluding carboxylic acids is 1. The molecule has 0 fully saturated rings. The van der Waals surface area contributed by atoms with Crippen LogP contribution in [0.15, 0.2) is 36.4 Å². The number of rotatable bonds is 7. The van der Waals surface area contributed by atoms with Crippen molar-refractivity contribution in [2.45, 2.75) is 20.8 Å². The molecule has 0 bridgehead atoms. The van der Waals surface area contributed by atoms with Gasteiger partial charge in [0.1, 0.15) is 0 Å². The number of anilines is 1. The summed E-state index contributed by atoms with van der Waals surface area (Å²) in [5.41, 5.74) is 0.493. The van der Waals surface area contributed by atoms with Crippen LogP contribution in [0.4, 0.5) is 14.5 Å². The van der Waals surface area contributed by atoms with E-state index in [9.17, 15) is 13.6 Å². The van der Waals surface area contributed by atoms with Crippen LogP contribution < -0.4 is 14.8 Å². The summed E-state index contributed by atoms with van der Waals surface area (Å²) < 4.78 is 37.4. The van der Waals surface area contributed by atoms with E-state index in [0.29, 0.717) is 36.2 Å². The molecule has 0 aliphatic rings. The van der Waals surface area contributed by atoms with Gasteiger partial charge in [-0.3, -0.25) is 4.79 Å². The molecule has 0 radical (unpaired) electrons. The number of halogens is 2. The standard InChI is InChI=1S/C19H21F2NO3/c1-4-24-18-9-13(5-8-17(18)25-11-12(2)3)19(23)22-14-6-7-15(20)16(21)10-14/h5-10,12H,4,11H2,1-3H3,(H,22,23). The molecule has 1 amide bonds. The Morgan fingerprint density at radius 1 is 1.04 bits per heavy atom. The molecule has 0 aromatic heterocycles. The lowest BCUT2D eigenvalue weighted by Crippen LogP contribution is -2.13. The molecule has 0 aliphatic heterocycles. The van der Waals surface area contributed by atoms with Crippen molar-refractivity contribution in [3.63, 3.8) is 0 Å². The Morgan fingerprint density at radius 3 is 2.44 bits per heavy atom. The van der Waals surface area contributed by atoms with Gasteiger partial charge in [-0.2, -0.15) is 0 Å². The molecule has 0 heterocycles. The van der Waals surface area contributed by atoms with Crippen molar-refractivity contribution in [3.05, 3.63) is 53.6 Å². The molecular formula is C19H21F2NO3. The maximum Gasteiger partial charge on any atom is 0.255 e. The van der Waals surface area contributed by atoms with Gasteiger partial charge >= 0.3 is 0 Å². The quantitative estimate of drug-likeness (QED) is 0.791. The van der Waals surface area contributed by atoms with Crippen molar-refractivity contribution in [1.82, 2.24) is 0 Å². The van der Waals surface area contributed by atoms with Gasteiger partial charge in [-0.25, -0.2) is 8.78 Å². The highest BCUT2D eigenvalue weighted by atomic mass is 19.2. The maximum absolute atomic E-state index is 13.2. The maximum atomic E-state index is 13.2. The Bertz CT molecular complexity index is 747. The highest BCUT2D eigenvalue weighted by molar-refractivity contribution is 6.04. The second-order valence-electron chi connectivity index (χ2n) is 5.88. The molecule has 0 aliphatic carbocycles. The van der Waals surface area contributed by atoms with Crippen LogP contribution in [0.2, 0.25) is 0 Å². The highest BCUT2D eigenvalue weighted by Gasteiger charge is 2.13. The molecule has 0 unspecified atom stereocenters. The van der Waals surface area contributed by atoms with E-state index < -0.39 is 17.5 Å². The molecule has 4 nitrogen and oxygen atoms in total. The summed E-state index contributed by atoms with van der Waals surface area (Å²) in [6.45, 7) is 6.85. The SMILES string of the molecule is CCOc1cc(C(=O)Nc2ccc(F)c(F)c2)ccc1OCC(C)C. The smallest absolute Gasteiger partial charge is 0.255 e. The second kappa shape index (κ2) is 8.46. The van der Waals surface area contributed by atoms with Gasteiger partial charge in [0.15, 0.2) is 23.1 Å². The van der Waals surface area contributed by atoms with E-state index in [4.69, 9.17) is 9.47 Å². The van der Waals surface area contributed by atoms with E-state index in [1.54, 1.807) is 18.2 Å². The number of hydrogen-bond donors (Lipinski definition) is 1. The Hall–Kier alpha value is -2.63. The lowest BCUT2D eigenvalue weighted by atomic mass is 10.1. The third kappa shape index (κ3) is 5.17. The molecule has 6 heteroatoms. The van der Waals surface area contributed by atoms with Crippen LogP contribution in [0.25, 0.3) is 0 Å². The second-order valence-corrected chi connectivity index (χ2v) is 5.88. The summed E-state index contributed by atoms with van der Waals surface area (Å²) in [7, 11) is 0. The van der Waals surface area contributed by atoms with Crippen LogP contribution in [-0.4, -0.2) is 19.1 Å². The molecule has 25 heavy (non-hydrogen) atoms. The van der Waals surface area contributed by atoms with Crippen molar-refractivity contribution >= 4 is 11.6 Å². The molecule has 2 aromatic rings. The van der Waals surface area contributed by atoms with E-state index in [-0.39, 0.29) is 5.69 Å². The van der Waals surface area contributed by atoms with E-state index in [0.717, 1.165) is 12.1 Å². The van der Waals surface area contributed by atoms with Crippen molar-refractivity contribution in [1.29, 1.82) is 0 Å². The Labute approximate surface area is 145 Å². The van der Waals surface area contributed by atoms with Gasteiger partial charge in [0.05, 0.1) is 13.2 Å². The van der Waals surface area contributed by atoms with Crippen molar-refractivity contribution in [2.24, 2.45) is 5.92 Å². The van der Waals surface area contributed by atoms with Crippen molar-refractivity contribution < 1.29 is 23.0 Å². The Kier molecular flexibility index (Phi) is 6.33. The lowest BCUT2D eigenvalue weighted by Gasteiger charge is -2.14. The van der Waals surface area contributed by atoms with Gasteiger partial charge in [-0.05, 0) is 43.2 Å². The number of benzene rings is 2. The zero-order valence-corrected chi connectivity index (χ0v) is 14.4. The first kappa shape index (κ1) is 18.7. The van der Waals surface area contributed by atoms with Gasteiger partial charge in [0, 0.05) is 17.3 Å². The summed E-state index contributed by atoms with van der Waals surface area (Å²) in [4.78, 5) is 12.3. The van der Waals surface area contributed by atoms with Crippen LogP contribution >= 0.6 is 0 Å². The van der Waals surface area contributed by atoms with Crippen LogP contribution in [0, 0.1) is 17.6 Å². The number of carbonyl (C=O) groups is 1. The van der Waals surface area contributed by atoms with Gasteiger partial charge in [-0.1, -0.05) is 13.8 Å². The van der Waals surface area contributed by atoms with E-state index in [1.165, 1.54) is 6.07 Å². The van der Waals surface area contributed by atoms with Crippen LogP contribution in [-0.2, 0) is 0 Å². The first-order chi connectivity index (χ1) is 11.9. The molecule has 0 saturated heterocycles. The summed E-state index contributed by atoms with van der Waals surface area (Å²) >= 11 is 0. The molecule has 0 atom stereocenters. The van der Waals surface area contributed by atoms with Crippen LogP contribution in [0.5, 0.6) is 11.5 Å². The van der Waals surface area contributed by atoms with E-state index in [2.05, 4.69) is 5.32 Å². The summed E-state index contributed by atoms with van der Waals surface area (Å²) in [5.74, 6) is -1.08. The molecule has 2 rings (SSSR count). The van der Waals surface area contributed by atoms with Crippen LogP contribution in [0.3, 0.4) is 0 Å². The number of amides is 1. The minimum atomic E-state index is -1.02. The third-order valence-corrected chi connectivity index (χ3v) is 3.26. The molecule has 0 saturated carbocycles. The lowest BCUT2D eigenvalue weighted by molar-refractivity contribution is 0.102. The van der Waals surface area contributed by atoms with Gasteiger partial charge < -0.3 is 14.8 Å². The minimum absolute atomic E-state index is 0.169. The monoisotopic (exact) mass is 349 g/mol. The number of ether oxygens (including phenoxy) is 2. The molecule has 1 N–H and O–H groups in total. The fourth-order valence-electron chi connectivity index (χ4n) is 2.07. The molecular weight excluding hydrogens is 328 g/mol. The number of hydrogen-bond acceptors (Lipinski definition) is 3. The Balaban J connectivity index is 2.18. The largest absolute Gasteiger partial charge is 0.490 e. The minimum Gasteiger partial charge on any atom is -0.490 e. The van der Waals surface area contributed by atoms with Gasteiger partial charge in [-0.15, -0.1) is 0 Å². The number of nitrogens with one attached hydrogen (secondary N) is 1.